The normalized spacial score (nSPS) is 17.2. The van der Waals surface area contributed by atoms with E-state index in [1.165, 1.54) is 0 Å². The maximum atomic E-state index is 11.7. The van der Waals surface area contributed by atoms with Gasteiger partial charge in [0.25, 0.3) is 5.91 Å². The van der Waals surface area contributed by atoms with Gasteiger partial charge in [0, 0.05) is 18.5 Å². The van der Waals surface area contributed by atoms with Crippen LogP contribution in [0.15, 0.2) is 10.6 Å². The molecule has 2 N–H and O–H groups in total. The number of nitrogens with zero attached hydrogens (tertiary/aromatic N) is 1. The van der Waals surface area contributed by atoms with Gasteiger partial charge in [0.2, 0.25) is 0 Å². The fourth-order valence-corrected chi connectivity index (χ4v) is 1.48. The van der Waals surface area contributed by atoms with Gasteiger partial charge in [-0.1, -0.05) is 19.0 Å². The van der Waals surface area contributed by atoms with Crippen molar-refractivity contribution in [2.75, 3.05) is 6.54 Å². The minimum absolute atomic E-state index is 0.120. The van der Waals surface area contributed by atoms with Crippen LogP contribution in [-0.2, 0) is 0 Å². The molecule has 0 radical (unpaired) electrons. The van der Waals surface area contributed by atoms with Crippen molar-refractivity contribution in [3.05, 3.63) is 17.5 Å². The molecule has 2 rings (SSSR count). The van der Waals surface area contributed by atoms with Crippen LogP contribution in [0.3, 0.4) is 0 Å². The number of nitrogens with one attached hydrogen (secondary N) is 1. The Morgan fingerprint density at radius 1 is 1.65 bits per heavy atom. The van der Waals surface area contributed by atoms with Crippen LogP contribution in [0.4, 0.5) is 0 Å². The van der Waals surface area contributed by atoms with Gasteiger partial charge in [0.1, 0.15) is 5.76 Å². The largest absolute Gasteiger partial charge is 0.391 e. The van der Waals surface area contributed by atoms with Gasteiger partial charge in [-0.25, -0.2) is 0 Å². The fraction of sp³-hybridized carbons (Fsp3) is 0.667. The number of aliphatic hydroxyl groups excluding tert-OH is 1. The number of hydrogen-bond acceptors (Lipinski definition) is 4. The van der Waals surface area contributed by atoms with Gasteiger partial charge < -0.3 is 14.9 Å². The Morgan fingerprint density at radius 2 is 2.35 bits per heavy atom. The molecule has 1 aliphatic rings. The first-order valence-electron chi connectivity index (χ1n) is 6.00. The van der Waals surface area contributed by atoms with Crippen molar-refractivity contribution in [2.45, 2.75) is 38.7 Å². The number of amides is 1. The molecule has 1 amide bonds. The van der Waals surface area contributed by atoms with Crippen LogP contribution in [-0.4, -0.2) is 28.8 Å². The Bertz CT molecular complexity index is 396. The maximum absolute atomic E-state index is 11.7. The topological polar surface area (TPSA) is 75.4 Å². The van der Waals surface area contributed by atoms with Crippen LogP contribution >= 0.6 is 0 Å². The highest BCUT2D eigenvalue weighted by Gasteiger charge is 2.28. The highest BCUT2D eigenvalue weighted by atomic mass is 16.5. The van der Waals surface area contributed by atoms with E-state index >= 15 is 0 Å². The van der Waals surface area contributed by atoms with Gasteiger partial charge in [0.05, 0.1) is 6.10 Å². The maximum Gasteiger partial charge on any atom is 0.273 e. The second kappa shape index (κ2) is 4.87. The average Bonchev–Trinajstić information content (AvgIpc) is 3.03. The monoisotopic (exact) mass is 238 g/mol. The van der Waals surface area contributed by atoms with Crippen molar-refractivity contribution in [1.82, 2.24) is 10.5 Å². The van der Waals surface area contributed by atoms with Crippen LogP contribution in [0.2, 0.25) is 0 Å². The number of aliphatic hydroxyl groups is 1. The van der Waals surface area contributed by atoms with E-state index in [0.717, 1.165) is 18.6 Å². The third kappa shape index (κ3) is 3.06. The second-order valence-electron chi connectivity index (χ2n) is 4.91. The van der Waals surface area contributed by atoms with E-state index in [9.17, 15) is 9.90 Å². The molecule has 0 aliphatic heterocycles. The molecule has 94 valence electrons. The van der Waals surface area contributed by atoms with Gasteiger partial charge in [0.15, 0.2) is 5.69 Å². The first-order valence-corrected chi connectivity index (χ1v) is 6.00. The first-order chi connectivity index (χ1) is 8.08. The van der Waals surface area contributed by atoms with E-state index in [1.54, 1.807) is 6.07 Å². The fourth-order valence-electron chi connectivity index (χ4n) is 1.48. The summed E-state index contributed by atoms with van der Waals surface area (Å²) in [5, 5.41) is 15.9. The van der Waals surface area contributed by atoms with E-state index < -0.39 is 6.10 Å². The summed E-state index contributed by atoms with van der Waals surface area (Å²) in [6, 6.07) is 1.69. The highest BCUT2D eigenvalue weighted by molar-refractivity contribution is 5.92. The number of aromatic nitrogens is 1. The van der Waals surface area contributed by atoms with Crippen molar-refractivity contribution in [3.8, 4) is 0 Å². The molecule has 5 nitrogen and oxygen atoms in total. The lowest BCUT2D eigenvalue weighted by molar-refractivity contribution is 0.0863. The minimum atomic E-state index is -0.534. The SMILES string of the molecule is CC(C)C(O)CNC(=O)c1cc(C2CC2)on1. The molecule has 0 saturated heterocycles. The smallest absolute Gasteiger partial charge is 0.273 e. The van der Waals surface area contributed by atoms with Gasteiger partial charge >= 0.3 is 0 Å². The summed E-state index contributed by atoms with van der Waals surface area (Å²) in [5.41, 5.74) is 0.294. The molecular formula is C12H18N2O3. The number of hydrogen-bond donors (Lipinski definition) is 2. The van der Waals surface area contributed by atoms with Gasteiger partial charge in [-0.2, -0.15) is 0 Å². The Kier molecular flexibility index (Phi) is 3.47. The third-order valence-corrected chi connectivity index (χ3v) is 2.98. The quantitative estimate of drug-likeness (QED) is 0.810. The Labute approximate surface area is 100 Å². The summed E-state index contributed by atoms with van der Waals surface area (Å²) in [6.45, 7) is 4.04. The molecule has 1 aliphatic carbocycles. The molecule has 1 atom stereocenters. The van der Waals surface area contributed by atoms with Gasteiger partial charge in [-0.15, -0.1) is 0 Å². The number of carbonyl (C=O) groups excluding carboxylic acids is 1. The molecule has 0 aromatic carbocycles. The average molecular weight is 238 g/mol. The minimum Gasteiger partial charge on any atom is -0.391 e. The third-order valence-electron chi connectivity index (χ3n) is 2.98. The molecule has 0 bridgehead atoms. The van der Waals surface area contributed by atoms with E-state index in [4.69, 9.17) is 4.52 Å². The molecule has 1 heterocycles. The summed E-state index contributed by atoms with van der Waals surface area (Å²) in [7, 11) is 0. The van der Waals surface area contributed by atoms with E-state index in [0.29, 0.717) is 11.6 Å². The highest BCUT2D eigenvalue weighted by Crippen LogP contribution is 2.40. The summed E-state index contributed by atoms with van der Waals surface area (Å²) in [5.74, 6) is 1.07. The molecule has 1 aromatic heterocycles. The molecular weight excluding hydrogens is 220 g/mol. The van der Waals surface area contributed by atoms with Crippen LogP contribution in [0.5, 0.6) is 0 Å². The number of rotatable bonds is 5. The first kappa shape index (κ1) is 12.1. The summed E-state index contributed by atoms with van der Waals surface area (Å²) >= 11 is 0. The van der Waals surface area contributed by atoms with Crippen molar-refractivity contribution < 1.29 is 14.4 Å². The molecule has 1 unspecified atom stereocenters. The molecule has 0 spiro atoms. The predicted octanol–water partition coefficient (Wildman–Crippen LogP) is 1.30. The standard InChI is InChI=1S/C12H18N2O3/c1-7(2)10(15)6-13-12(16)9-5-11(17-14-9)8-3-4-8/h5,7-8,10,15H,3-4,6H2,1-2H3,(H,13,16). The zero-order valence-corrected chi connectivity index (χ0v) is 10.1. The van der Waals surface area contributed by atoms with E-state index in [1.807, 2.05) is 13.8 Å². The zero-order chi connectivity index (χ0) is 12.4. The second-order valence-corrected chi connectivity index (χ2v) is 4.91. The lowest BCUT2D eigenvalue weighted by atomic mass is 10.1. The van der Waals surface area contributed by atoms with E-state index in [-0.39, 0.29) is 18.4 Å². The van der Waals surface area contributed by atoms with Crippen molar-refractivity contribution in [1.29, 1.82) is 0 Å². The molecule has 1 fully saturated rings. The van der Waals surface area contributed by atoms with Crippen LogP contribution in [0, 0.1) is 5.92 Å². The summed E-state index contributed by atoms with van der Waals surface area (Å²) in [6.07, 6.45) is 1.69. The Morgan fingerprint density at radius 3 is 2.94 bits per heavy atom. The van der Waals surface area contributed by atoms with Crippen LogP contribution in [0.25, 0.3) is 0 Å². The van der Waals surface area contributed by atoms with E-state index in [2.05, 4.69) is 10.5 Å². The Balaban J connectivity index is 1.86. The van der Waals surface area contributed by atoms with Gasteiger partial charge in [-0.05, 0) is 18.8 Å². The van der Waals surface area contributed by atoms with Crippen LogP contribution < -0.4 is 5.32 Å². The molecule has 17 heavy (non-hydrogen) atoms. The lowest BCUT2D eigenvalue weighted by Gasteiger charge is -2.14. The molecule has 1 aromatic rings. The van der Waals surface area contributed by atoms with Crippen molar-refractivity contribution in [2.24, 2.45) is 5.92 Å². The zero-order valence-electron chi connectivity index (χ0n) is 10.1. The van der Waals surface area contributed by atoms with Crippen LogP contribution in [0.1, 0.15) is 48.9 Å². The summed E-state index contributed by atoms with van der Waals surface area (Å²) < 4.78 is 5.09. The molecule has 5 heteroatoms. The summed E-state index contributed by atoms with van der Waals surface area (Å²) in [4.78, 5) is 11.7. The van der Waals surface area contributed by atoms with Gasteiger partial charge in [-0.3, -0.25) is 4.79 Å². The lowest BCUT2D eigenvalue weighted by Crippen LogP contribution is -2.34. The molecule has 1 saturated carbocycles. The predicted molar refractivity (Wildman–Crippen MR) is 61.7 cm³/mol. The van der Waals surface area contributed by atoms with Crippen molar-refractivity contribution in [3.63, 3.8) is 0 Å². The number of carbonyl (C=O) groups is 1. The van der Waals surface area contributed by atoms with Crippen molar-refractivity contribution >= 4 is 5.91 Å². The Hall–Kier alpha value is -1.36.